The summed E-state index contributed by atoms with van der Waals surface area (Å²) in [7, 11) is 0. The second-order valence-corrected chi connectivity index (χ2v) is 4.91. The lowest BCUT2D eigenvalue weighted by Gasteiger charge is -2.26. The lowest BCUT2D eigenvalue weighted by molar-refractivity contribution is -0.0498. The average molecular weight is 267 g/mol. The number of piperidine rings is 1. The largest absolute Gasteiger partial charge is 0.435 e. The van der Waals surface area contributed by atoms with Crippen LogP contribution in [-0.2, 0) is 0 Å². The van der Waals surface area contributed by atoms with Crippen molar-refractivity contribution in [3.8, 4) is 5.75 Å². The van der Waals surface area contributed by atoms with Crippen molar-refractivity contribution < 1.29 is 13.5 Å². The molecule has 0 bridgehead atoms. The van der Waals surface area contributed by atoms with E-state index in [0.29, 0.717) is 12.1 Å². The van der Waals surface area contributed by atoms with Crippen LogP contribution in [0.4, 0.5) is 8.78 Å². The summed E-state index contributed by atoms with van der Waals surface area (Å²) in [6.07, 6.45) is 7.77. The molecule has 0 aliphatic carbocycles. The first kappa shape index (κ1) is 14.0. The van der Waals surface area contributed by atoms with Gasteiger partial charge in [-0.2, -0.15) is 8.78 Å². The molecule has 1 fully saturated rings. The predicted molar refractivity (Wildman–Crippen MR) is 72.3 cm³/mol. The van der Waals surface area contributed by atoms with Crippen LogP contribution in [0.2, 0.25) is 0 Å². The molecule has 1 N–H and O–H groups in total. The highest BCUT2D eigenvalue weighted by Crippen LogP contribution is 2.17. The summed E-state index contributed by atoms with van der Waals surface area (Å²) in [6, 6.07) is 7.64. The van der Waals surface area contributed by atoms with Gasteiger partial charge in [0.25, 0.3) is 0 Å². The van der Waals surface area contributed by atoms with Crippen molar-refractivity contribution in [3.63, 3.8) is 0 Å². The van der Waals surface area contributed by atoms with Crippen LogP contribution in [0.3, 0.4) is 0 Å². The van der Waals surface area contributed by atoms with Gasteiger partial charge in [-0.15, -0.1) is 0 Å². The predicted octanol–water partition coefficient (Wildman–Crippen LogP) is 3.83. The third-order valence-corrected chi connectivity index (χ3v) is 3.28. The Morgan fingerprint density at radius 1 is 1.26 bits per heavy atom. The van der Waals surface area contributed by atoms with E-state index in [4.69, 9.17) is 0 Å². The minimum Gasteiger partial charge on any atom is -0.435 e. The molecule has 0 aromatic heterocycles. The maximum absolute atomic E-state index is 12.0. The topological polar surface area (TPSA) is 21.3 Å². The zero-order chi connectivity index (χ0) is 13.7. The van der Waals surface area contributed by atoms with E-state index in [2.05, 4.69) is 23.1 Å². The Morgan fingerprint density at radius 3 is 2.63 bits per heavy atom. The SMILES string of the molecule is CC1CCCC(/C=C/c2ccc(OC(F)F)cc2)N1. The van der Waals surface area contributed by atoms with Crippen LogP contribution in [0.15, 0.2) is 30.3 Å². The monoisotopic (exact) mass is 267 g/mol. The molecule has 104 valence electrons. The smallest absolute Gasteiger partial charge is 0.387 e. The standard InChI is InChI=1S/C15H19F2NO/c1-11-3-2-4-13(18-11)8-5-12-6-9-14(10-7-12)19-15(16)17/h5-11,13,15,18H,2-4H2,1H3/b8-5+. The van der Waals surface area contributed by atoms with Crippen LogP contribution in [0.5, 0.6) is 5.75 Å². The molecule has 1 aliphatic rings. The molecule has 2 nitrogen and oxygen atoms in total. The Hall–Kier alpha value is -1.42. The summed E-state index contributed by atoms with van der Waals surface area (Å²) in [4.78, 5) is 0. The fourth-order valence-electron chi connectivity index (χ4n) is 2.32. The first-order chi connectivity index (χ1) is 9.13. The number of hydrogen-bond acceptors (Lipinski definition) is 2. The zero-order valence-electron chi connectivity index (χ0n) is 11.0. The van der Waals surface area contributed by atoms with Crippen molar-refractivity contribution in [3.05, 3.63) is 35.9 Å². The van der Waals surface area contributed by atoms with Crippen molar-refractivity contribution in [2.24, 2.45) is 0 Å². The van der Waals surface area contributed by atoms with E-state index in [0.717, 1.165) is 12.0 Å². The van der Waals surface area contributed by atoms with Crippen molar-refractivity contribution in [1.29, 1.82) is 0 Å². The summed E-state index contributed by atoms with van der Waals surface area (Å²) in [5, 5.41) is 3.51. The third-order valence-electron chi connectivity index (χ3n) is 3.28. The van der Waals surface area contributed by atoms with Gasteiger partial charge >= 0.3 is 6.61 Å². The van der Waals surface area contributed by atoms with Crippen molar-refractivity contribution in [1.82, 2.24) is 5.32 Å². The molecule has 4 heteroatoms. The first-order valence-electron chi connectivity index (χ1n) is 6.62. The maximum Gasteiger partial charge on any atom is 0.387 e. The van der Waals surface area contributed by atoms with Gasteiger partial charge in [-0.1, -0.05) is 30.7 Å². The Kier molecular flexibility index (Phi) is 4.91. The lowest BCUT2D eigenvalue weighted by atomic mass is 9.99. The molecule has 2 atom stereocenters. The van der Waals surface area contributed by atoms with E-state index in [1.54, 1.807) is 24.3 Å². The average Bonchev–Trinajstić information content (AvgIpc) is 2.37. The second kappa shape index (κ2) is 6.66. The van der Waals surface area contributed by atoms with E-state index in [-0.39, 0.29) is 5.75 Å². The highest BCUT2D eigenvalue weighted by Gasteiger charge is 2.14. The fraction of sp³-hybridized carbons (Fsp3) is 0.467. The zero-order valence-corrected chi connectivity index (χ0v) is 11.0. The van der Waals surface area contributed by atoms with Gasteiger partial charge in [0.2, 0.25) is 0 Å². The van der Waals surface area contributed by atoms with E-state index in [1.807, 2.05) is 6.08 Å². The quantitative estimate of drug-likeness (QED) is 0.895. The Bertz CT molecular complexity index is 417. The van der Waals surface area contributed by atoms with Gasteiger partial charge in [-0.25, -0.2) is 0 Å². The summed E-state index contributed by atoms with van der Waals surface area (Å²) >= 11 is 0. The molecule has 0 spiro atoms. The number of benzene rings is 1. The van der Waals surface area contributed by atoms with Crippen LogP contribution < -0.4 is 10.1 Å². The van der Waals surface area contributed by atoms with Crippen LogP contribution in [0.1, 0.15) is 31.7 Å². The number of ether oxygens (including phenoxy) is 1. The summed E-state index contributed by atoms with van der Waals surface area (Å²) in [5.74, 6) is 0.191. The molecule has 0 saturated carbocycles. The van der Waals surface area contributed by atoms with Gasteiger partial charge in [-0.05, 0) is 37.5 Å². The minimum absolute atomic E-state index is 0.191. The number of nitrogens with one attached hydrogen (secondary N) is 1. The molecule has 19 heavy (non-hydrogen) atoms. The molecule has 1 heterocycles. The lowest BCUT2D eigenvalue weighted by Crippen LogP contribution is -2.39. The molecular formula is C15H19F2NO. The van der Waals surface area contributed by atoms with Gasteiger partial charge in [0.15, 0.2) is 0 Å². The third kappa shape index (κ3) is 4.63. The van der Waals surface area contributed by atoms with Crippen molar-refractivity contribution >= 4 is 6.08 Å². The maximum atomic E-state index is 12.0. The number of hydrogen-bond donors (Lipinski definition) is 1. The molecule has 0 radical (unpaired) electrons. The Labute approximate surface area is 112 Å². The van der Waals surface area contributed by atoms with E-state index in [1.165, 1.54) is 12.8 Å². The molecular weight excluding hydrogens is 248 g/mol. The molecule has 1 aromatic carbocycles. The van der Waals surface area contributed by atoms with E-state index >= 15 is 0 Å². The van der Waals surface area contributed by atoms with E-state index in [9.17, 15) is 8.78 Å². The number of alkyl halides is 2. The van der Waals surface area contributed by atoms with Gasteiger partial charge in [0.1, 0.15) is 5.75 Å². The molecule has 1 saturated heterocycles. The van der Waals surface area contributed by atoms with Crippen LogP contribution >= 0.6 is 0 Å². The first-order valence-corrected chi connectivity index (χ1v) is 6.62. The van der Waals surface area contributed by atoms with Crippen LogP contribution in [-0.4, -0.2) is 18.7 Å². The molecule has 2 unspecified atom stereocenters. The van der Waals surface area contributed by atoms with Gasteiger partial charge < -0.3 is 10.1 Å². The van der Waals surface area contributed by atoms with Gasteiger partial charge in [0.05, 0.1) is 0 Å². The van der Waals surface area contributed by atoms with Gasteiger partial charge in [0, 0.05) is 12.1 Å². The normalized spacial score (nSPS) is 24.0. The highest BCUT2D eigenvalue weighted by molar-refractivity contribution is 5.51. The van der Waals surface area contributed by atoms with Crippen LogP contribution in [0, 0.1) is 0 Å². The van der Waals surface area contributed by atoms with Gasteiger partial charge in [-0.3, -0.25) is 0 Å². The molecule has 0 amide bonds. The summed E-state index contributed by atoms with van der Waals surface area (Å²) in [5.41, 5.74) is 0.988. The number of rotatable bonds is 4. The van der Waals surface area contributed by atoms with Crippen molar-refractivity contribution in [2.45, 2.75) is 44.9 Å². The van der Waals surface area contributed by atoms with E-state index < -0.39 is 6.61 Å². The second-order valence-electron chi connectivity index (χ2n) is 4.91. The molecule has 1 aliphatic heterocycles. The molecule has 1 aromatic rings. The summed E-state index contributed by atoms with van der Waals surface area (Å²) in [6.45, 7) is -0.578. The van der Waals surface area contributed by atoms with Crippen molar-refractivity contribution in [2.75, 3.05) is 0 Å². The molecule has 2 rings (SSSR count). The number of halogens is 2. The fourth-order valence-corrected chi connectivity index (χ4v) is 2.32. The van der Waals surface area contributed by atoms with Crippen LogP contribution in [0.25, 0.3) is 6.08 Å². The Morgan fingerprint density at radius 2 is 2.00 bits per heavy atom. The summed E-state index contributed by atoms with van der Waals surface area (Å²) < 4.78 is 28.3. The Balaban J connectivity index is 1.91. The minimum atomic E-state index is -2.77. The highest BCUT2D eigenvalue weighted by atomic mass is 19.3.